The zero-order chi connectivity index (χ0) is 21.3. The van der Waals surface area contributed by atoms with E-state index in [0.717, 1.165) is 11.1 Å². The van der Waals surface area contributed by atoms with Gasteiger partial charge in [0.25, 0.3) is 0 Å². The fourth-order valence-corrected chi connectivity index (χ4v) is 2.95. The highest BCUT2D eigenvalue weighted by atomic mass is 16.6. The molecule has 158 valence electrons. The van der Waals surface area contributed by atoms with Gasteiger partial charge < -0.3 is 23.4 Å². The van der Waals surface area contributed by atoms with Crippen molar-refractivity contribution in [3.05, 3.63) is 65.9 Å². The van der Waals surface area contributed by atoms with Crippen LogP contribution in [-0.4, -0.2) is 25.8 Å². The lowest BCUT2D eigenvalue weighted by Crippen LogP contribution is -2.06. The molecule has 6 nitrogen and oxygen atoms in total. The summed E-state index contributed by atoms with van der Waals surface area (Å²) in [5.74, 6) is 1.88. The third-order valence-electron chi connectivity index (χ3n) is 4.20. The molecular weight excluding hydrogens is 384 g/mol. The maximum Gasteiger partial charge on any atom is 0.374 e. The van der Waals surface area contributed by atoms with Crippen LogP contribution in [0.3, 0.4) is 0 Å². The van der Waals surface area contributed by atoms with Gasteiger partial charge in [0, 0.05) is 5.56 Å². The molecule has 0 atom stereocenters. The van der Waals surface area contributed by atoms with E-state index in [-0.39, 0.29) is 12.4 Å². The van der Waals surface area contributed by atoms with Crippen LogP contribution >= 0.6 is 0 Å². The predicted octanol–water partition coefficient (Wildman–Crippen LogP) is 5.50. The van der Waals surface area contributed by atoms with E-state index in [1.807, 2.05) is 51.1 Å². The number of esters is 1. The minimum absolute atomic E-state index is 0.0484. The van der Waals surface area contributed by atoms with Gasteiger partial charge in [0.15, 0.2) is 11.5 Å². The van der Waals surface area contributed by atoms with Gasteiger partial charge in [0.05, 0.1) is 19.8 Å². The van der Waals surface area contributed by atoms with Crippen LogP contribution in [0.25, 0.3) is 11.3 Å². The highest BCUT2D eigenvalue weighted by molar-refractivity contribution is 5.87. The molecule has 0 fully saturated rings. The molecule has 0 N–H and O–H groups in total. The second kappa shape index (κ2) is 10.4. The van der Waals surface area contributed by atoms with Crippen LogP contribution in [0.15, 0.2) is 59.0 Å². The summed E-state index contributed by atoms with van der Waals surface area (Å²) in [6.07, 6.45) is 0. The number of benzene rings is 2. The van der Waals surface area contributed by atoms with Crippen molar-refractivity contribution in [2.45, 2.75) is 27.4 Å². The van der Waals surface area contributed by atoms with E-state index in [1.165, 1.54) is 0 Å². The van der Waals surface area contributed by atoms with Crippen molar-refractivity contribution in [1.29, 1.82) is 0 Å². The first-order valence-corrected chi connectivity index (χ1v) is 10.0. The minimum atomic E-state index is -0.540. The van der Waals surface area contributed by atoms with Crippen molar-refractivity contribution in [2.75, 3.05) is 19.8 Å². The lowest BCUT2D eigenvalue weighted by Gasteiger charge is -2.17. The third-order valence-corrected chi connectivity index (χ3v) is 4.20. The Kier molecular flexibility index (Phi) is 7.38. The van der Waals surface area contributed by atoms with Gasteiger partial charge in [-0.2, -0.15) is 0 Å². The molecule has 0 bridgehead atoms. The van der Waals surface area contributed by atoms with Crippen molar-refractivity contribution in [1.82, 2.24) is 0 Å². The quantitative estimate of drug-likeness (QED) is 0.411. The largest absolute Gasteiger partial charge is 0.490 e. The smallest absolute Gasteiger partial charge is 0.374 e. The van der Waals surface area contributed by atoms with Crippen LogP contribution in [-0.2, 0) is 11.3 Å². The van der Waals surface area contributed by atoms with Gasteiger partial charge in [0.1, 0.15) is 12.4 Å². The predicted molar refractivity (Wildman–Crippen MR) is 113 cm³/mol. The van der Waals surface area contributed by atoms with Crippen LogP contribution in [0.4, 0.5) is 0 Å². The SMILES string of the molecule is CCOc1cc(COC(=O)c2ccc(-c3ccccc3)o2)cc(OCC)c1OCC. The Bertz CT molecular complexity index is 934. The number of carbonyl (C=O) groups is 1. The summed E-state index contributed by atoms with van der Waals surface area (Å²) in [7, 11) is 0. The normalized spacial score (nSPS) is 10.5. The first kappa shape index (κ1) is 21.3. The summed E-state index contributed by atoms with van der Waals surface area (Å²) in [5.41, 5.74) is 1.62. The van der Waals surface area contributed by atoms with Gasteiger partial charge in [-0.25, -0.2) is 4.79 Å². The molecule has 3 rings (SSSR count). The number of rotatable bonds is 10. The second-order valence-corrected chi connectivity index (χ2v) is 6.33. The molecule has 3 aromatic rings. The van der Waals surface area contributed by atoms with E-state index in [4.69, 9.17) is 23.4 Å². The molecule has 0 saturated heterocycles. The summed E-state index contributed by atoms with van der Waals surface area (Å²) in [6, 6.07) is 16.5. The summed E-state index contributed by atoms with van der Waals surface area (Å²) in [4.78, 5) is 12.5. The Balaban J connectivity index is 1.74. The van der Waals surface area contributed by atoms with Crippen molar-refractivity contribution >= 4 is 5.97 Å². The minimum Gasteiger partial charge on any atom is -0.490 e. The summed E-state index contributed by atoms with van der Waals surface area (Å²) in [6.45, 7) is 7.17. The molecule has 0 saturated carbocycles. The van der Waals surface area contributed by atoms with Gasteiger partial charge in [-0.05, 0) is 50.6 Å². The average Bonchev–Trinajstić information content (AvgIpc) is 3.26. The van der Waals surface area contributed by atoms with Crippen molar-refractivity contribution < 1.29 is 28.2 Å². The lowest BCUT2D eigenvalue weighted by atomic mass is 10.2. The highest BCUT2D eigenvalue weighted by Crippen LogP contribution is 2.39. The van der Waals surface area contributed by atoms with Gasteiger partial charge in [-0.15, -0.1) is 0 Å². The van der Waals surface area contributed by atoms with Crippen molar-refractivity contribution in [3.63, 3.8) is 0 Å². The van der Waals surface area contributed by atoms with E-state index in [2.05, 4.69) is 0 Å². The maximum absolute atomic E-state index is 12.5. The summed E-state index contributed by atoms with van der Waals surface area (Å²) >= 11 is 0. The zero-order valence-corrected chi connectivity index (χ0v) is 17.5. The number of ether oxygens (including phenoxy) is 4. The van der Waals surface area contributed by atoms with E-state index >= 15 is 0 Å². The molecule has 1 heterocycles. The van der Waals surface area contributed by atoms with E-state index < -0.39 is 5.97 Å². The van der Waals surface area contributed by atoms with Crippen molar-refractivity contribution in [2.24, 2.45) is 0 Å². The number of hydrogen-bond acceptors (Lipinski definition) is 6. The standard InChI is InChI=1S/C24H26O6/c1-4-26-21-14-17(15-22(27-5-2)23(21)28-6-3)16-29-24(25)20-13-12-19(30-20)18-10-8-7-9-11-18/h7-15H,4-6,16H2,1-3H3. The Morgan fingerprint density at radius 2 is 1.47 bits per heavy atom. The third kappa shape index (κ3) is 5.14. The second-order valence-electron chi connectivity index (χ2n) is 6.33. The van der Waals surface area contributed by atoms with Crippen LogP contribution in [0, 0.1) is 0 Å². The molecule has 0 radical (unpaired) electrons. The first-order valence-electron chi connectivity index (χ1n) is 10.0. The van der Waals surface area contributed by atoms with Crippen LogP contribution in [0.2, 0.25) is 0 Å². The zero-order valence-electron chi connectivity index (χ0n) is 17.5. The Morgan fingerprint density at radius 3 is 2.07 bits per heavy atom. The molecule has 1 aromatic heterocycles. The number of hydrogen-bond donors (Lipinski definition) is 0. The van der Waals surface area contributed by atoms with Crippen LogP contribution in [0.5, 0.6) is 17.2 Å². The van der Waals surface area contributed by atoms with Crippen LogP contribution in [0.1, 0.15) is 36.9 Å². The number of carbonyl (C=O) groups excluding carboxylic acids is 1. The molecule has 2 aromatic carbocycles. The molecule has 30 heavy (non-hydrogen) atoms. The van der Waals surface area contributed by atoms with Gasteiger partial charge in [0.2, 0.25) is 11.5 Å². The fourth-order valence-electron chi connectivity index (χ4n) is 2.95. The highest BCUT2D eigenvalue weighted by Gasteiger charge is 2.18. The van der Waals surface area contributed by atoms with E-state index in [1.54, 1.807) is 24.3 Å². The Labute approximate surface area is 176 Å². The summed E-state index contributed by atoms with van der Waals surface area (Å²) in [5, 5.41) is 0. The van der Waals surface area contributed by atoms with E-state index in [0.29, 0.717) is 42.8 Å². The Hall–Kier alpha value is -3.41. The molecule has 0 aliphatic heterocycles. The van der Waals surface area contributed by atoms with Gasteiger partial charge in [-0.1, -0.05) is 30.3 Å². The van der Waals surface area contributed by atoms with Crippen molar-refractivity contribution in [3.8, 4) is 28.6 Å². The fraction of sp³-hybridized carbons (Fsp3) is 0.292. The topological polar surface area (TPSA) is 67.1 Å². The number of furan rings is 1. The molecule has 0 spiro atoms. The average molecular weight is 410 g/mol. The molecule has 0 aliphatic carbocycles. The molecule has 0 amide bonds. The monoisotopic (exact) mass is 410 g/mol. The van der Waals surface area contributed by atoms with E-state index in [9.17, 15) is 4.79 Å². The lowest BCUT2D eigenvalue weighted by molar-refractivity contribution is 0.0436. The molecule has 0 unspecified atom stereocenters. The molecule has 6 heteroatoms. The summed E-state index contributed by atoms with van der Waals surface area (Å²) < 4.78 is 28.2. The van der Waals surface area contributed by atoms with Gasteiger partial charge in [-0.3, -0.25) is 0 Å². The van der Waals surface area contributed by atoms with Crippen LogP contribution < -0.4 is 14.2 Å². The first-order chi connectivity index (χ1) is 14.7. The molecular formula is C24H26O6. The Morgan fingerprint density at radius 1 is 0.833 bits per heavy atom. The molecule has 0 aliphatic rings. The maximum atomic E-state index is 12.5. The van der Waals surface area contributed by atoms with Gasteiger partial charge >= 0.3 is 5.97 Å².